The fraction of sp³-hybridized carbons (Fsp3) is 0.778. The van der Waals surface area contributed by atoms with Crippen LogP contribution in [0.3, 0.4) is 0 Å². The van der Waals surface area contributed by atoms with E-state index >= 15 is 0 Å². The van der Waals surface area contributed by atoms with Crippen LogP contribution >= 0.6 is 0 Å². The summed E-state index contributed by atoms with van der Waals surface area (Å²) >= 11 is 0. The lowest BCUT2D eigenvalue weighted by atomic mass is 9.99. The van der Waals surface area contributed by atoms with Crippen molar-refractivity contribution in [3.05, 3.63) is 0 Å². The molecule has 9 nitrogen and oxygen atoms in total. The van der Waals surface area contributed by atoms with Gasteiger partial charge in [0.25, 0.3) is 0 Å². The van der Waals surface area contributed by atoms with E-state index in [1.165, 1.54) is 4.90 Å². The van der Waals surface area contributed by atoms with E-state index < -0.39 is 35.9 Å². The number of nitrogens with two attached hydrogens (primary N) is 1. The third-order valence-corrected chi connectivity index (χ3v) is 5.08. The van der Waals surface area contributed by atoms with Crippen molar-refractivity contribution in [3.63, 3.8) is 0 Å². The number of carbonyl (C=O) groups excluding carboxylic acids is 3. The second-order valence-corrected chi connectivity index (χ2v) is 7.44. The molecule has 1 rings (SSSR count). The van der Waals surface area contributed by atoms with Gasteiger partial charge in [0.05, 0.1) is 12.6 Å². The molecule has 0 aromatic carbocycles. The van der Waals surface area contributed by atoms with E-state index in [9.17, 15) is 24.3 Å². The fourth-order valence-electron chi connectivity index (χ4n) is 3.00. The smallest absolute Gasteiger partial charge is 0.326 e. The molecule has 0 spiro atoms. The van der Waals surface area contributed by atoms with Crippen LogP contribution in [0.25, 0.3) is 0 Å². The van der Waals surface area contributed by atoms with Crippen molar-refractivity contribution in [3.8, 4) is 0 Å². The maximum absolute atomic E-state index is 12.5. The van der Waals surface area contributed by atoms with E-state index in [0.29, 0.717) is 19.4 Å². The second kappa shape index (κ2) is 10.2. The van der Waals surface area contributed by atoms with Crippen LogP contribution in [0.15, 0.2) is 0 Å². The van der Waals surface area contributed by atoms with Gasteiger partial charge in [0.2, 0.25) is 17.7 Å². The van der Waals surface area contributed by atoms with Crippen molar-refractivity contribution in [2.45, 2.75) is 65.1 Å². The molecule has 0 aliphatic carbocycles. The van der Waals surface area contributed by atoms with E-state index in [2.05, 4.69) is 10.6 Å². The van der Waals surface area contributed by atoms with Crippen LogP contribution in [-0.4, -0.2) is 64.9 Å². The highest BCUT2D eigenvalue weighted by molar-refractivity contribution is 5.93. The zero-order valence-corrected chi connectivity index (χ0v) is 16.5. The molecule has 0 bridgehead atoms. The number of nitrogens with one attached hydrogen (secondary N) is 2. The standard InChI is InChI=1S/C18H32N4O5/c1-5-11(4)14(19)17(25)20-9-13(23)22-8-6-7-12(22)16(24)21-15(10(2)3)18(26)27/h10-12,14-15H,5-9,19H2,1-4H3,(H,20,25)(H,21,24)(H,26,27). The summed E-state index contributed by atoms with van der Waals surface area (Å²) in [6.45, 7) is 7.35. The third kappa shape index (κ3) is 6.20. The first-order valence-corrected chi connectivity index (χ1v) is 9.46. The molecule has 1 heterocycles. The van der Waals surface area contributed by atoms with Gasteiger partial charge in [-0.3, -0.25) is 14.4 Å². The number of rotatable bonds is 9. The fourth-order valence-corrected chi connectivity index (χ4v) is 3.00. The normalized spacial score (nSPS) is 20.1. The molecule has 1 aliphatic heterocycles. The number of aliphatic carboxylic acids is 1. The number of hydrogen-bond acceptors (Lipinski definition) is 5. The maximum atomic E-state index is 12.5. The van der Waals surface area contributed by atoms with Crippen molar-refractivity contribution >= 4 is 23.7 Å². The number of carboxylic acids is 1. The molecule has 1 aliphatic rings. The maximum Gasteiger partial charge on any atom is 0.326 e. The minimum absolute atomic E-state index is 0.00518. The summed E-state index contributed by atoms with van der Waals surface area (Å²) in [5.74, 6) is -2.66. The van der Waals surface area contributed by atoms with Gasteiger partial charge >= 0.3 is 5.97 Å². The molecular formula is C18H32N4O5. The first-order valence-electron chi connectivity index (χ1n) is 9.46. The number of hydrogen-bond donors (Lipinski definition) is 4. The molecule has 9 heteroatoms. The quantitative estimate of drug-likeness (QED) is 0.430. The van der Waals surface area contributed by atoms with Crippen LogP contribution in [0.5, 0.6) is 0 Å². The highest BCUT2D eigenvalue weighted by Crippen LogP contribution is 2.18. The topological polar surface area (TPSA) is 142 Å². The largest absolute Gasteiger partial charge is 0.480 e. The molecule has 3 amide bonds. The number of likely N-dealkylation sites (tertiary alicyclic amines) is 1. The Morgan fingerprint density at radius 1 is 1.22 bits per heavy atom. The molecular weight excluding hydrogens is 352 g/mol. The van der Waals surface area contributed by atoms with Crippen LogP contribution in [0, 0.1) is 11.8 Å². The highest BCUT2D eigenvalue weighted by atomic mass is 16.4. The summed E-state index contributed by atoms with van der Waals surface area (Å²) in [4.78, 5) is 49.6. The van der Waals surface area contributed by atoms with Crippen LogP contribution in [0.4, 0.5) is 0 Å². The molecule has 0 radical (unpaired) electrons. The van der Waals surface area contributed by atoms with Crippen molar-refractivity contribution in [2.24, 2.45) is 17.6 Å². The molecule has 4 atom stereocenters. The minimum Gasteiger partial charge on any atom is -0.480 e. The third-order valence-electron chi connectivity index (χ3n) is 5.08. The van der Waals surface area contributed by atoms with Crippen molar-refractivity contribution < 1.29 is 24.3 Å². The van der Waals surface area contributed by atoms with E-state index in [-0.39, 0.29) is 24.3 Å². The Morgan fingerprint density at radius 2 is 1.85 bits per heavy atom. The highest BCUT2D eigenvalue weighted by Gasteiger charge is 2.36. The Kier molecular flexibility index (Phi) is 8.68. The zero-order valence-electron chi connectivity index (χ0n) is 16.5. The first kappa shape index (κ1) is 22.9. The lowest BCUT2D eigenvalue weighted by Crippen LogP contribution is -2.54. The average Bonchev–Trinajstić information content (AvgIpc) is 3.11. The van der Waals surface area contributed by atoms with Gasteiger partial charge in [-0.05, 0) is 24.7 Å². The molecule has 154 valence electrons. The summed E-state index contributed by atoms with van der Waals surface area (Å²) in [6, 6.07) is -2.43. The Bertz CT molecular complexity index is 566. The van der Waals surface area contributed by atoms with Crippen molar-refractivity contribution in [1.82, 2.24) is 15.5 Å². The van der Waals surface area contributed by atoms with Crippen molar-refractivity contribution in [2.75, 3.05) is 13.1 Å². The van der Waals surface area contributed by atoms with E-state index in [1.807, 2.05) is 13.8 Å². The lowest BCUT2D eigenvalue weighted by molar-refractivity contribution is -0.145. The molecule has 27 heavy (non-hydrogen) atoms. The van der Waals surface area contributed by atoms with Crippen LogP contribution < -0.4 is 16.4 Å². The summed E-state index contributed by atoms with van der Waals surface area (Å²) in [7, 11) is 0. The van der Waals surface area contributed by atoms with Crippen molar-refractivity contribution in [1.29, 1.82) is 0 Å². The second-order valence-electron chi connectivity index (χ2n) is 7.44. The van der Waals surface area contributed by atoms with Gasteiger partial charge in [0.1, 0.15) is 12.1 Å². The SMILES string of the molecule is CCC(C)C(N)C(=O)NCC(=O)N1CCCC1C(=O)NC(C(=O)O)C(C)C. The summed E-state index contributed by atoms with van der Waals surface area (Å²) < 4.78 is 0. The monoisotopic (exact) mass is 384 g/mol. The van der Waals surface area contributed by atoms with E-state index in [4.69, 9.17) is 5.73 Å². The molecule has 5 N–H and O–H groups in total. The van der Waals surface area contributed by atoms with Crippen LogP contribution in [0.2, 0.25) is 0 Å². The number of carbonyl (C=O) groups is 4. The number of amides is 3. The van der Waals surface area contributed by atoms with Gasteiger partial charge in [-0.15, -0.1) is 0 Å². The molecule has 1 fully saturated rings. The Hall–Kier alpha value is -2.16. The van der Waals surface area contributed by atoms with Gasteiger partial charge in [0, 0.05) is 6.54 Å². The molecule has 0 aromatic rings. The Balaban J connectivity index is 2.65. The first-order chi connectivity index (χ1) is 12.6. The van der Waals surface area contributed by atoms with Gasteiger partial charge in [-0.25, -0.2) is 4.79 Å². The van der Waals surface area contributed by atoms with E-state index in [0.717, 1.165) is 6.42 Å². The summed E-state index contributed by atoms with van der Waals surface area (Å²) in [5.41, 5.74) is 5.84. The zero-order chi connectivity index (χ0) is 20.7. The molecule has 0 aromatic heterocycles. The molecule has 1 saturated heterocycles. The van der Waals surface area contributed by atoms with Gasteiger partial charge in [-0.2, -0.15) is 0 Å². The minimum atomic E-state index is -1.11. The summed E-state index contributed by atoms with van der Waals surface area (Å²) in [5, 5.41) is 14.3. The Labute approximate surface area is 160 Å². The van der Waals surface area contributed by atoms with Gasteiger partial charge < -0.3 is 26.4 Å². The van der Waals surface area contributed by atoms with Crippen LogP contribution in [-0.2, 0) is 19.2 Å². The lowest BCUT2D eigenvalue weighted by Gasteiger charge is -2.27. The summed E-state index contributed by atoms with van der Waals surface area (Å²) in [6.07, 6.45) is 1.85. The predicted molar refractivity (Wildman–Crippen MR) is 99.6 cm³/mol. The Morgan fingerprint density at radius 3 is 2.37 bits per heavy atom. The van der Waals surface area contributed by atoms with Gasteiger partial charge in [0.15, 0.2) is 0 Å². The van der Waals surface area contributed by atoms with E-state index in [1.54, 1.807) is 13.8 Å². The number of nitrogens with zero attached hydrogens (tertiary/aromatic N) is 1. The molecule has 4 unspecified atom stereocenters. The number of carboxylic acid groups (broad SMARTS) is 1. The van der Waals surface area contributed by atoms with Gasteiger partial charge in [-0.1, -0.05) is 34.1 Å². The predicted octanol–water partition coefficient (Wildman–Crippen LogP) is -0.308. The average molecular weight is 384 g/mol. The van der Waals surface area contributed by atoms with Crippen LogP contribution in [0.1, 0.15) is 47.0 Å². The molecule has 0 saturated carbocycles.